The fourth-order valence-corrected chi connectivity index (χ4v) is 0.657. The Bertz CT molecular complexity index is 126. The zero-order valence-electron chi connectivity index (χ0n) is 6.67. The average Bonchev–Trinajstić information content (AvgIpc) is 1.89. The van der Waals surface area contributed by atoms with E-state index in [-0.39, 0.29) is 6.73 Å². The van der Waals surface area contributed by atoms with Crippen molar-refractivity contribution in [3.63, 3.8) is 0 Å². The van der Waals surface area contributed by atoms with Gasteiger partial charge in [0.05, 0.1) is 26.7 Å². The number of rotatable bonds is 4. The highest BCUT2D eigenvalue weighted by Gasteiger charge is 2.10. The van der Waals surface area contributed by atoms with Gasteiger partial charge in [-0.1, -0.05) is 0 Å². The molecule has 58 valence electrons. The topological polar surface area (TPSA) is 44.0 Å². The Morgan fingerprint density at radius 3 is 2.50 bits per heavy atom. The summed E-state index contributed by atoms with van der Waals surface area (Å²) in [5, 5.41) is 17.0. The van der Waals surface area contributed by atoms with Gasteiger partial charge >= 0.3 is 0 Å². The van der Waals surface area contributed by atoms with Gasteiger partial charge in [-0.2, -0.15) is 5.26 Å². The first-order valence-corrected chi connectivity index (χ1v) is 3.42. The van der Waals surface area contributed by atoms with Gasteiger partial charge in [0.25, 0.3) is 0 Å². The first kappa shape index (κ1) is 9.41. The molecule has 0 saturated carbocycles. The normalized spacial score (nSPS) is 11.0. The molecule has 0 aliphatic rings. The second-order valence-corrected chi connectivity index (χ2v) is 3.06. The van der Waals surface area contributed by atoms with Crippen LogP contribution >= 0.6 is 0 Å². The Morgan fingerprint density at radius 2 is 2.10 bits per heavy atom. The van der Waals surface area contributed by atoms with Crippen molar-refractivity contribution < 1.29 is 9.59 Å². The van der Waals surface area contributed by atoms with Crippen LogP contribution in [-0.2, 0) is 0 Å². The van der Waals surface area contributed by atoms with Gasteiger partial charge in [0.15, 0.2) is 6.73 Å². The van der Waals surface area contributed by atoms with Gasteiger partial charge in [-0.3, -0.25) is 0 Å². The Kier molecular flexibility index (Phi) is 4.01. The summed E-state index contributed by atoms with van der Waals surface area (Å²) in [6.45, 7) is 1.01. The van der Waals surface area contributed by atoms with Gasteiger partial charge < -0.3 is 9.59 Å². The molecule has 10 heavy (non-hydrogen) atoms. The molecular formula is C7H15N2O+. The van der Waals surface area contributed by atoms with Crippen LogP contribution in [0.4, 0.5) is 0 Å². The van der Waals surface area contributed by atoms with Gasteiger partial charge in [-0.15, -0.1) is 0 Å². The molecule has 3 heteroatoms. The number of hydrogen-bond acceptors (Lipinski definition) is 2. The Balaban J connectivity index is 3.39. The Hall–Kier alpha value is -0.590. The Labute approximate surface area is 62.1 Å². The summed E-state index contributed by atoms with van der Waals surface area (Å²) >= 11 is 0. The van der Waals surface area contributed by atoms with Crippen molar-refractivity contribution in [1.82, 2.24) is 0 Å². The van der Waals surface area contributed by atoms with Crippen LogP contribution in [-0.4, -0.2) is 37.0 Å². The maximum atomic E-state index is 8.78. The molecule has 0 spiro atoms. The molecule has 3 nitrogen and oxygen atoms in total. The van der Waals surface area contributed by atoms with E-state index in [2.05, 4.69) is 6.07 Å². The van der Waals surface area contributed by atoms with Gasteiger partial charge in [0, 0.05) is 12.8 Å². The zero-order valence-corrected chi connectivity index (χ0v) is 6.67. The molecule has 0 aromatic carbocycles. The lowest BCUT2D eigenvalue weighted by Crippen LogP contribution is -2.41. The van der Waals surface area contributed by atoms with Crippen molar-refractivity contribution in [1.29, 1.82) is 5.26 Å². The maximum absolute atomic E-state index is 8.78. The first-order valence-electron chi connectivity index (χ1n) is 3.42. The van der Waals surface area contributed by atoms with Gasteiger partial charge in [-0.25, -0.2) is 0 Å². The largest absolute Gasteiger partial charge is 0.347 e. The summed E-state index contributed by atoms with van der Waals surface area (Å²) in [4.78, 5) is 0. The van der Waals surface area contributed by atoms with Crippen LogP contribution in [0.1, 0.15) is 12.8 Å². The number of quaternary nitrogens is 1. The Morgan fingerprint density at radius 1 is 1.50 bits per heavy atom. The molecule has 1 N–H and O–H groups in total. The lowest BCUT2D eigenvalue weighted by Gasteiger charge is -2.26. The SMILES string of the molecule is C[N+](C)(CO)CCCC#N. The third-order valence-corrected chi connectivity index (χ3v) is 1.43. The number of nitrogens with zero attached hydrogens (tertiary/aromatic N) is 2. The molecule has 0 saturated heterocycles. The molecule has 0 rings (SSSR count). The number of hydrogen-bond donors (Lipinski definition) is 1. The quantitative estimate of drug-likeness (QED) is 0.350. The number of nitriles is 1. The summed E-state index contributed by atoms with van der Waals surface area (Å²) in [6.07, 6.45) is 1.45. The van der Waals surface area contributed by atoms with Crippen molar-refractivity contribution in [2.45, 2.75) is 12.8 Å². The molecule has 0 amide bonds. The standard InChI is InChI=1S/C7H15N2O/c1-9(2,7-10)6-4-3-5-8/h10H,3-4,6-7H2,1-2H3/q+1. The molecule has 0 aromatic rings. The minimum atomic E-state index is 0.144. The fraction of sp³-hybridized carbons (Fsp3) is 0.857. The van der Waals surface area contributed by atoms with Crippen LogP contribution in [0.2, 0.25) is 0 Å². The lowest BCUT2D eigenvalue weighted by atomic mass is 10.3. The van der Waals surface area contributed by atoms with Gasteiger partial charge in [0.1, 0.15) is 0 Å². The van der Waals surface area contributed by atoms with Crippen molar-refractivity contribution in [2.75, 3.05) is 27.4 Å². The van der Waals surface area contributed by atoms with Crippen molar-refractivity contribution >= 4 is 0 Å². The first-order chi connectivity index (χ1) is 4.62. The summed E-state index contributed by atoms with van der Waals surface area (Å²) in [5.74, 6) is 0. The third kappa shape index (κ3) is 4.30. The van der Waals surface area contributed by atoms with E-state index in [1.54, 1.807) is 0 Å². The highest BCUT2D eigenvalue weighted by atomic mass is 16.3. The summed E-state index contributed by atoms with van der Waals surface area (Å²) in [6, 6.07) is 2.07. The van der Waals surface area contributed by atoms with Crippen LogP contribution in [0.15, 0.2) is 0 Å². The molecular weight excluding hydrogens is 128 g/mol. The second kappa shape index (κ2) is 4.26. The third-order valence-electron chi connectivity index (χ3n) is 1.43. The monoisotopic (exact) mass is 143 g/mol. The highest BCUT2D eigenvalue weighted by Crippen LogP contribution is 1.98. The zero-order chi connectivity index (χ0) is 8.04. The van der Waals surface area contributed by atoms with Crippen LogP contribution in [0.5, 0.6) is 0 Å². The van der Waals surface area contributed by atoms with Crippen molar-refractivity contribution in [3.05, 3.63) is 0 Å². The molecule has 0 fully saturated rings. The van der Waals surface area contributed by atoms with E-state index < -0.39 is 0 Å². The van der Waals surface area contributed by atoms with Crippen LogP contribution in [0, 0.1) is 11.3 Å². The predicted molar refractivity (Wildman–Crippen MR) is 38.9 cm³/mol. The minimum Gasteiger partial charge on any atom is -0.347 e. The van der Waals surface area contributed by atoms with E-state index in [4.69, 9.17) is 10.4 Å². The smallest absolute Gasteiger partial charge is 0.179 e. The van der Waals surface area contributed by atoms with Crippen LogP contribution in [0.25, 0.3) is 0 Å². The predicted octanol–water partition coefficient (Wildman–Crippen LogP) is 0.316. The molecule has 0 atom stereocenters. The van der Waals surface area contributed by atoms with Gasteiger partial charge in [0.2, 0.25) is 0 Å². The van der Waals surface area contributed by atoms with Gasteiger partial charge in [-0.05, 0) is 0 Å². The summed E-state index contributed by atoms with van der Waals surface area (Å²) in [5.41, 5.74) is 0. The lowest BCUT2D eigenvalue weighted by molar-refractivity contribution is -0.908. The van der Waals surface area contributed by atoms with E-state index in [9.17, 15) is 0 Å². The summed E-state index contributed by atoms with van der Waals surface area (Å²) < 4.78 is 0.585. The highest BCUT2D eigenvalue weighted by molar-refractivity contribution is 4.67. The van der Waals surface area contributed by atoms with Crippen molar-refractivity contribution in [2.24, 2.45) is 0 Å². The minimum absolute atomic E-state index is 0.144. The molecule has 0 aromatic heterocycles. The maximum Gasteiger partial charge on any atom is 0.179 e. The fourth-order valence-electron chi connectivity index (χ4n) is 0.657. The molecule has 0 aliphatic carbocycles. The van der Waals surface area contributed by atoms with Crippen LogP contribution < -0.4 is 0 Å². The van der Waals surface area contributed by atoms with E-state index in [0.29, 0.717) is 10.9 Å². The molecule has 0 bridgehead atoms. The second-order valence-electron chi connectivity index (χ2n) is 3.06. The summed E-state index contributed by atoms with van der Waals surface area (Å²) in [7, 11) is 3.88. The van der Waals surface area contributed by atoms with E-state index in [1.807, 2.05) is 14.1 Å². The average molecular weight is 143 g/mol. The number of aliphatic hydroxyl groups excluding tert-OH is 1. The molecule has 0 unspecified atom stereocenters. The molecule has 0 heterocycles. The van der Waals surface area contributed by atoms with E-state index in [1.165, 1.54) is 0 Å². The van der Waals surface area contributed by atoms with Crippen LogP contribution in [0.3, 0.4) is 0 Å². The van der Waals surface area contributed by atoms with Crippen molar-refractivity contribution in [3.8, 4) is 6.07 Å². The molecule has 0 aliphatic heterocycles. The van der Waals surface area contributed by atoms with E-state index >= 15 is 0 Å². The molecule has 0 radical (unpaired) electrons. The number of unbranched alkanes of at least 4 members (excludes halogenated alkanes) is 1. The number of aliphatic hydroxyl groups is 1. The van der Waals surface area contributed by atoms with E-state index in [0.717, 1.165) is 13.0 Å².